The van der Waals surface area contributed by atoms with Crippen LogP contribution < -0.4 is 14.8 Å². The van der Waals surface area contributed by atoms with Crippen LogP contribution in [0.5, 0.6) is 11.5 Å². The smallest absolute Gasteiger partial charge is 0.387 e. The summed E-state index contributed by atoms with van der Waals surface area (Å²) in [6, 6.07) is 21.8. The molecule has 0 fully saturated rings. The molecule has 4 rings (SSSR count). The molecule has 3 aromatic carbocycles. The van der Waals surface area contributed by atoms with Gasteiger partial charge in [0.2, 0.25) is 5.76 Å². The van der Waals surface area contributed by atoms with Crippen LogP contribution in [0, 0.1) is 0 Å². The van der Waals surface area contributed by atoms with Crippen LogP contribution in [0.15, 0.2) is 83.3 Å². The number of esters is 1. The van der Waals surface area contributed by atoms with Crippen LogP contribution >= 0.6 is 0 Å². The maximum absolute atomic E-state index is 12.7. The van der Waals surface area contributed by atoms with Gasteiger partial charge in [0.15, 0.2) is 6.61 Å². The fourth-order valence-corrected chi connectivity index (χ4v) is 3.23. The van der Waals surface area contributed by atoms with E-state index in [4.69, 9.17) is 13.9 Å². The van der Waals surface area contributed by atoms with Crippen molar-refractivity contribution in [1.82, 2.24) is 0 Å². The van der Waals surface area contributed by atoms with Crippen molar-refractivity contribution in [3.05, 3.63) is 90.2 Å². The molecule has 1 aromatic heterocycles. The Hall–Kier alpha value is -4.40. The fraction of sp³-hybridized carbons (Fsp3) is 0.120. The summed E-state index contributed by atoms with van der Waals surface area (Å²) < 4.78 is 46.0. The zero-order chi connectivity index (χ0) is 23.9. The van der Waals surface area contributed by atoms with E-state index in [-0.39, 0.29) is 23.8 Å². The van der Waals surface area contributed by atoms with E-state index in [0.29, 0.717) is 22.3 Å². The lowest BCUT2D eigenvalue weighted by molar-refractivity contribution is -0.119. The Labute approximate surface area is 192 Å². The highest BCUT2D eigenvalue weighted by Crippen LogP contribution is 2.28. The Morgan fingerprint density at radius 2 is 1.62 bits per heavy atom. The highest BCUT2D eigenvalue weighted by Gasteiger charge is 2.23. The molecule has 9 heteroatoms. The van der Waals surface area contributed by atoms with E-state index >= 15 is 0 Å². The molecule has 0 aliphatic heterocycles. The summed E-state index contributed by atoms with van der Waals surface area (Å²) >= 11 is 0. The van der Waals surface area contributed by atoms with Crippen LogP contribution in [0.1, 0.15) is 16.1 Å². The van der Waals surface area contributed by atoms with Gasteiger partial charge in [0.1, 0.15) is 23.7 Å². The average molecular weight is 467 g/mol. The molecule has 0 aliphatic rings. The normalized spacial score (nSPS) is 10.8. The van der Waals surface area contributed by atoms with Crippen LogP contribution in [0.3, 0.4) is 0 Å². The molecule has 174 valence electrons. The Kier molecular flexibility index (Phi) is 7.02. The monoisotopic (exact) mass is 467 g/mol. The number of furan rings is 1. The van der Waals surface area contributed by atoms with Crippen molar-refractivity contribution in [3.63, 3.8) is 0 Å². The molecule has 0 spiro atoms. The van der Waals surface area contributed by atoms with Crippen LogP contribution in [-0.2, 0) is 16.1 Å². The summed E-state index contributed by atoms with van der Waals surface area (Å²) in [5.41, 5.74) is 0.953. The average Bonchev–Trinajstić information content (AvgIpc) is 3.21. The van der Waals surface area contributed by atoms with Gasteiger partial charge in [0.05, 0.1) is 11.3 Å². The predicted molar refractivity (Wildman–Crippen MR) is 119 cm³/mol. The molecule has 0 bridgehead atoms. The van der Waals surface area contributed by atoms with Crippen molar-refractivity contribution >= 4 is 28.5 Å². The Morgan fingerprint density at radius 3 is 2.41 bits per heavy atom. The number of para-hydroxylation sites is 4. The first-order valence-corrected chi connectivity index (χ1v) is 10.2. The second-order valence-corrected chi connectivity index (χ2v) is 7.01. The van der Waals surface area contributed by atoms with Crippen LogP contribution in [-0.4, -0.2) is 25.1 Å². The van der Waals surface area contributed by atoms with Gasteiger partial charge in [0, 0.05) is 5.39 Å². The number of benzene rings is 3. The molecule has 34 heavy (non-hydrogen) atoms. The van der Waals surface area contributed by atoms with E-state index < -0.39 is 25.1 Å². The van der Waals surface area contributed by atoms with Crippen molar-refractivity contribution in [2.75, 3.05) is 11.9 Å². The van der Waals surface area contributed by atoms with Crippen molar-refractivity contribution in [1.29, 1.82) is 0 Å². The quantitative estimate of drug-likeness (QED) is 0.331. The van der Waals surface area contributed by atoms with Crippen LogP contribution in [0.25, 0.3) is 11.0 Å². The highest BCUT2D eigenvalue weighted by atomic mass is 19.3. The number of ether oxygens (including phenoxy) is 3. The first kappa shape index (κ1) is 22.8. The second-order valence-electron chi connectivity index (χ2n) is 7.01. The van der Waals surface area contributed by atoms with Gasteiger partial charge in [0.25, 0.3) is 5.91 Å². The lowest BCUT2D eigenvalue weighted by atomic mass is 10.1. The van der Waals surface area contributed by atoms with Crippen LogP contribution in [0.2, 0.25) is 0 Å². The number of alkyl halides is 2. The number of carbonyl (C=O) groups excluding carboxylic acids is 2. The molecule has 0 radical (unpaired) electrons. The third-order valence-corrected chi connectivity index (χ3v) is 4.72. The Balaban J connectivity index is 1.45. The molecule has 1 N–H and O–H groups in total. The van der Waals surface area contributed by atoms with E-state index in [1.165, 1.54) is 24.3 Å². The zero-order valence-corrected chi connectivity index (χ0v) is 17.7. The molecule has 0 saturated heterocycles. The van der Waals surface area contributed by atoms with Crippen molar-refractivity contribution < 1.29 is 37.0 Å². The first-order chi connectivity index (χ1) is 16.5. The number of hydrogen-bond acceptors (Lipinski definition) is 6. The summed E-state index contributed by atoms with van der Waals surface area (Å²) in [7, 11) is 0. The van der Waals surface area contributed by atoms with E-state index in [1.54, 1.807) is 36.4 Å². The topological polar surface area (TPSA) is 87.0 Å². The molecule has 0 saturated carbocycles. The molecule has 4 aromatic rings. The van der Waals surface area contributed by atoms with E-state index in [0.717, 1.165) is 0 Å². The minimum Gasteiger partial charge on any atom is -0.489 e. The highest BCUT2D eigenvalue weighted by molar-refractivity contribution is 5.98. The number of halogens is 2. The lowest BCUT2D eigenvalue weighted by Crippen LogP contribution is -2.22. The van der Waals surface area contributed by atoms with Gasteiger partial charge in [-0.2, -0.15) is 8.78 Å². The summed E-state index contributed by atoms with van der Waals surface area (Å²) in [6.07, 6.45) is 0. The van der Waals surface area contributed by atoms with Gasteiger partial charge < -0.3 is 23.9 Å². The number of anilines is 1. The number of fused-ring (bicyclic) bond motifs is 1. The summed E-state index contributed by atoms with van der Waals surface area (Å²) in [6.45, 7) is -3.69. The second kappa shape index (κ2) is 10.5. The molecule has 1 amide bonds. The summed E-state index contributed by atoms with van der Waals surface area (Å²) in [4.78, 5) is 25.0. The Morgan fingerprint density at radius 1 is 0.912 bits per heavy atom. The maximum Gasteiger partial charge on any atom is 0.387 e. The van der Waals surface area contributed by atoms with Crippen LogP contribution in [0.4, 0.5) is 14.5 Å². The van der Waals surface area contributed by atoms with Gasteiger partial charge in [-0.05, 0) is 30.3 Å². The van der Waals surface area contributed by atoms with E-state index in [9.17, 15) is 18.4 Å². The number of amides is 1. The van der Waals surface area contributed by atoms with Gasteiger partial charge in [-0.1, -0.05) is 48.5 Å². The number of hydrogen-bond donors (Lipinski definition) is 1. The van der Waals surface area contributed by atoms with Gasteiger partial charge in [-0.25, -0.2) is 4.79 Å². The SMILES string of the molecule is O=C(COC(=O)c1oc2ccccc2c1COc1ccccc1)Nc1ccccc1OC(F)F. The number of carbonyl (C=O) groups is 2. The predicted octanol–water partition coefficient (Wildman–Crippen LogP) is 5.41. The van der Waals surface area contributed by atoms with Gasteiger partial charge in [-0.3, -0.25) is 4.79 Å². The largest absolute Gasteiger partial charge is 0.489 e. The Bertz CT molecular complexity index is 1290. The lowest BCUT2D eigenvalue weighted by Gasteiger charge is -2.11. The van der Waals surface area contributed by atoms with Crippen molar-refractivity contribution in [2.45, 2.75) is 13.2 Å². The van der Waals surface area contributed by atoms with Gasteiger partial charge >= 0.3 is 12.6 Å². The molecule has 1 heterocycles. The molecule has 0 aliphatic carbocycles. The molecule has 0 unspecified atom stereocenters. The van der Waals surface area contributed by atoms with E-state index in [1.807, 2.05) is 18.2 Å². The fourth-order valence-electron chi connectivity index (χ4n) is 3.23. The zero-order valence-electron chi connectivity index (χ0n) is 17.7. The molecule has 7 nitrogen and oxygen atoms in total. The first-order valence-electron chi connectivity index (χ1n) is 10.2. The van der Waals surface area contributed by atoms with Crippen molar-refractivity contribution in [3.8, 4) is 11.5 Å². The van der Waals surface area contributed by atoms with E-state index in [2.05, 4.69) is 10.1 Å². The molecular weight excluding hydrogens is 448 g/mol. The van der Waals surface area contributed by atoms with Gasteiger partial charge in [-0.15, -0.1) is 0 Å². The third kappa shape index (κ3) is 5.50. The standard InChI is InChI=1S/C25H19F2NO6/c26-25(27)34-21-13-7-5-11-19(21)28-22(29)15-32-24(30)23-18(14-31-16-8-2-1-3-9-16)17-10-4-6-12-20(17)33-23/h1-13,25H,14-15H2,(H,28,29). The minimum absolute atomic E-state index is 0.0181. The maximum atomic E-state index is 12.7. The summed E-state index contributed by atoms with van der Waals surface area (Å²) in [5, 5.41) is 3.05. The molecule has 0 atom stereocenters. The van der Waals surface area contributed by atoms with Crippen molar-refractivity contribution in [2.24, 2.45) is 0 Å². The molecular formula is C25H19F2NO6. The third-order valence-electron chi connectivity index (χ3n) is 4.72. The number of nitrogens with one attached hydrogen (secondary N) is 1. The minimum atomic E-state index is -3.06. The number of rotatable bonds is 9. The summed E-state index contributed by atoms with van der Waals surface area (Å²) in [5.74, 6) is -1.30.